The van der Waals surface area contributed by atoms with Crippen LogP contribution in [0.1, 0.15) is 5.56 Å². The van der Waals surface area contributed by atoms with Crippen LogP contribution in [-0.4, -0.2) is 26.9 Å². The second-order valence-electron chi connectivity index (χ2n) is 3.46. The molecule has 0 amide bonds. The summed E-state index contributed by atoms with van der Waals surface area (Å²) < 4.78 is 48.5. The molecule has 1 rings (SSSR count). The third-order valence-electron chi connectivity index (χ3n) is 2.65. The van der Waals surface area contributed by atoms with E-state index in [1.54, 1.807) is 0 Å². The lowest BCUT2D eigenvalue weighted by atomic mass is 9.93. The van der Waals surface area contributed by atoms with Crippen LogP contribution in [0.2, 0.25) is 0 Å². The van der Waals surface area contributed by atoms with Gasteiger partial charge in [-0.25, -0.2) is 0 Å². The van der Waals surface area contributed by atoms with Crippen LogP contribution in [0.15, 0.2) is 24.3 Å². The maximum absolute atomic E-state index is 13.0. The molecule has 0 aliphatic rings. The molecule has 0 aliphatic heterocycles. The lowest BCUT2D eigenvalue weighted by Gasteiger charge is -2.33. The summed E-state index contributed by atoms with van der Waals surface area (Å²) in [7, 11) is 2.43. The fourth-order valence-electron chi connectivity index (χ4n) is 1.57. The number of rotatable bonds is 4. The number of hydrogen-bond acceptors (Lipinski definition) is 3. The Morgan fingerprint density at radius 2 is 1.65 bits per heavy atom. The Labute approximate surface area is 97.3 Å². The van der Waals surface area contributed by atoms with Crippen LogP contribution < -0.4 is 10.5 Å². The molecule has 0 fully saturated rings. The van der Waals surface area contributed by atoms with Crippen LogP contribution in [0.3, 0.4) is 0 Å². The molecule has 0 bridgehead atoms. The van der Waals surface area contributed by atoms with Gasteiger partial charge in [-0.1, -0.05) is 12.1 Å². The summed E-state index contributed by atoms with van der Waals surface area (Å²) in [6, 6.07) is 5.46. The van der Waals surface area contributed by atoms with Crippen LogP contribution in [0.4, 0.5) is 13.2 Å². The van der Waals surface area contributed by atoms with Gasteiger partial charge in [-0.2, -0.15) is 13.2 Å². The minimum absolute atomic E-state index is 0.0456. The van der Waals surface area contributed by atoms with Crippen molar-refractivity contribution in [3.63, 3.8) is 0 Å². The first-order valence-electron chi connectivity index (χ1n) is 4.87. The van der Waals surface area contributed by atoms with Crippen LogP contribution in [0.5, 0.6) is 5.75 Å². The van der Waals surface area contributed by atoms with Crippen molar-refractivity contribution in [2.75, 3.05) is 20.8 Å². The fourth-order valence-corrected chi connectivity index (χ4v) is 1.57. The van der Waals surface area contributed by atoms with Crippen molar-refractivity contribution >= 4 is 0 Å². The second kappa shape index (κ2) is 4.93. The van der Waals surface area contributed by atoms with Crippen molar-refractivity contribution in [3.05, 3.63) is 29.8 Å². The second-order valence-corrected chi connectivity index (χ2v) is 3.46. The van der Waals surface area contributed by atoms with Crippen LogP contribution in [0, 0.1) is 0 Å². The number of ether oxygens (including phenoxy) is 2. The van der Waals surface area contributed by atoms with Crippen molar-refractivity contribution < 1.29 is 22.6 Å². The number of hydrogen-bond donors (Lipinski definition) is 1. The van der Waals surface area contributed by atoms with E-state index >= 15 is 0 Å². The van der Waals surface area contributed by atoms with Crippen molar-refractivity contribution in [3.8, 4) is 5.75 Å². The molecule has 17 heavy (non-hydrogen) atoms. The van der Waals surface area contributed by atoms with E-state index in [4.69, 9.17) is 10.5 Å². The van der Waals surface area contributed by atoms with E-state index < -0.39 is 18.3 Å². The molecule has 0 radical (unpaired) electrons. The zero-order chi connectivity index (χ0) is 13.1. The van der Waals surface area contributed by atoms with E-state index in [1.807, 2.05) is 0 Å². The predicted molar refractivity (Wildman–Crippen MR) is 56.8 cm³/mol. The van der Waals surface area contributed by atoms with Crippen LogP contribution >= 0.6 is 0 Å². The van der Waals surface area contributed by atoms with Gasteiger partial charge in [-0.3, -0.25) is 0 Å². The van der Waals surface area contributed by atoms with Gasteiger partial charge >= 0.3 is 6.18 Å². The zero-order valence-electron chi connectivity index (χ0n) is 9.54. The van der Waals surface area contributed by atoms with Crippen LogP contribution in [-0.2, 0) is 10.3 Å². The Morgan fingerprint density at radius 1 is 1.12 bits per heavy atom. The summed E-state index contributed by atoms with van der Waals surface area (Å²) in [5.41, 5.74) is 2.71. The van der Waals surface area contributed by atoms with Gasteiger partial charge in [0.1, 0.15) is 5.75 Å². The Bertz CT molecular complexity index is 358. The predicted octanol–water partition coefficient (Wildman–Crippen LogP) is 2.06. The maximum Gasteiger partial charge on any atom is 0.422 e. The topological polar surface area (TPSA) is 44.5 Å². The SMILES string of the molecule is COc1ccc(C(CN)(OC)C(F)(F)F)cc1. The number of methoxy groups -OCH3 is 2. The third-order valence-corrected chi connectivity index (χ3v) is 2.65. The normalized spacial score (nSPS) is 15.4. The van der Waals surface area contributed by atoms with Gasteiger partial charge < -0.3 is 15.2 Å². The summed E-state index contributed by atoms with van der Waals surface area (Å²) in [6.45, 7) is -0.681. The summed E-state index contributed by atoms with van der Waals surface area (Å²) in [5.74, 6) is 0.470. The first-order chi connectivity index (χ1) is 7.91. The molecule has 0 spiro atoms. The number of benzene rings is 1. The minimum Gasteiger partial charge on any atom is -0.497 e. The standard InChI is InChI=1S/C11H14F3NO2/c1-16-9-5-3-8(4-6-9)10(7-15,17-2)11(12,13)14/h3-6H,7,15H2,1-2H3. The molecule has 0 saturated carbocycles. The summed E-state index contributed by atoms with van der Waals surface area (Å²) >= 11 is 0. The molecule has 6 heteroatoms. The molecule has 96 valence electrons. The highest BCUT2D eigenvalue weighted by Crippen LogP contribution is 2.41. The van der Waals surface area contributed by atoms with Gasteiger partial charge in [0.05, 0.1) is 7.11 Å². The minimum atomic E-state index is -4.58. The Morgan fingerprint density at radius 3 is 1.94 bits per heavy atom. The molecule has 0 aromatic heterocycles. The molecule has 1 aromatic rings. The number of halogens is 3. The third kappa shape index (κ3) is 2.37. The largest absolute Gasteiger partial charge is 0.497 e. The van der Waals surface area contributed by atoms with Crippen LogP contribution in [0.25, 0.3) is 0 Å². The van der Waals surface area contributed by atoms with Crippen molar-refractivity contribution in [1.82, 2.24) is 0 Å². The molecular weight excluding hydrogens is 235 g/mol. The molecule has 3 nitrogen and oxygen atoms in total. The van der Waals surface area contributed by atoms with Gasteiger partial charge in [-0.15, -0.1) is 0 Å². The molecule has 1 atom stereocenters. The van der Waals surface area contributed by atoms with E-state index in [9.17, 15) is 13.2 Å². The number of alkyl halides is 3. The number of nitrogens with two attached hydrogens (primary N) is 1. The Balaban J connectivity index is 3.22. The summed E-state index contributed by atoms with van der Waals surface area (Å²) in [4.78, 5) is 0. The first kappa shape index (κ1) is 13.8. The summed E-state index contributed by atoms with van der Waals surface area (Å²) in [5, 5.41) is 0. The molecule has 2 N–H and O–H groups in total. The lowest BCUT2D eigenvalue weighted by Crippen LogP contribution is -2.49. The van der Waals surface area contributed by atoms with Crippen molar-refractivity contribution in [2.45, 2.75) is 11.8 Å². The van der Waals surface area contributed by atoms with E-state index in [0.717, 1.165) is 7.11 Å². The van der Waals surface area contributed by atoms with E-state index in [0.29, 0.717) is 5.75 Å². The smallest absolute Gasteiger partial charge is 0.422 e. The molecule has 0 heterocycles. The summed E-state index contributed by atoms with van der Waals surface area (Å²) in [6.07, 6.45) is -4.58. The van der Waals surface area contributed by atoms with E-state index in [2.05, 4.69) is 4.74 Å². The first-order valence-corrected chi connectivity index (χ1v) is 4.87. The Hall–Kier alpha value is -1.27. The highest BCUT2D eigenvalue weighted by atomic mass is 19.4. The van der Waals surface area contributed by atoms with Gasteiger partial charge in [-0.05, 0) is 17.7 Å². The highest BCUT2D eigenvalue weighted by molar-refractivity contribution is 5.32. The average molecular weight is 249 g/mol. The quantitative estimate of drug-likeness (QED) is 0.888. The average Bonchev–Trinajstić information content (AvgIpc) is 2.30. The highest BCUT2D eigenvalue weighted by Gasteiger charge is 2.55. The van der Waals surface area contributed by atoms with Crippen molar-refractivity contribution in [1.29, 1.82) is 0 Å². The molecule has 1 aromatic carbocycles. The molecular formula is C11H14F3NO2. The van der Waals surface area contributed by atoms with Gasteiger partial charge in [0.2, 0.25) is 5.60 Å². The maximum atomic E-state index is 13.0. The fraction of sp³-hybridized carbons (Fsp3) is 0.455. The van der Waals surface area contributed by atoms with Gasteiger partial charge in [0.25, 0.3) is 0 Å². The molecule has 0 aliphatic carbocycles. The van der Waals surface area contributed by atoms with Gasteiger partial charge in [0, 0.05) is 13.7 Å². The zero-order valence-corrected chi connectivity index (χ0v) is 9.54. The molecule has 0 saturated heterocycles. The monoisotopic (exact) mass is 249 g/mol. The van der Waals surface area contributed by atoms with E-state index in [-0.39, 0.29) is 5.56 Å². The van der Waals surface area contributed by atoms with E-state index in [1.165, 1.54) is 31.4 Å². The van der Waals surface area contributed by atoms with Crippen molar-refractivity contribution in [2.24, 2.45) is 5.73 Å². The Kier molecular flexibility index (Phi) is 4.00. The lowest BCUT2D eigenvalue weighted by molar-refractivity contribution is -0.272. The van der Waals surface area contributed by atoms with Gasteiger partial charge in [0.15, 0.2) is 0 Å². The molecule has 1 unspecified atom stereocenters.